The second kappa shape index (κ2) is 9.05. The van der Waals surface area contributed by atoms with Crippen molar-refractivity contribution in [2.24, 2.45) is 0 Å². The van der Waals surface area contributed by atoms with Gasteiger partial charge in [-0.05, 0) is 0 Å². The van der Waals surface area contributed by atoms with Crippen LogP contribution in [0.5, 0.6) is 0 Å². The summed E-state index contributed by atoms with van der Waals surface area (Å²) in [7, 11) is 0. The van der Waals surface area contributed by atoms with Gasteiger partial charge in [-0.1, -0.05) is 0 Å². The third-order valence-electron chi connectivity index (χ3n) is 0.0481. The third-order valence-corrected chi connectivity index (χ3v) is 0.144. The molecule has 1 N–H and O–H groups in total. The van der Waals surface area contributed by atoms with E-state index in [1.165, 1.54) is 0 Å². The Bertz CT molecular complexity index is 11.6. The molecule has 0 bridgehead atoms. The average Bonchev–Trinajstić information content (AvgIpc) is 1.37. The van der Waals surface area contributed by atoms with Crippen molar-refractivity contribution >= 4 is 16.5 Å². The van der Waals surface area contributed by atoms with Crippen molar-refractivity contribution in [2.75, 3.05) is 0 Å². The first-order chi connectivity index (χ1) is 1.91. The van der Waals surface area contributed by atoms with Crippen molar-refractivity contribution in [2.45, 2.75) is 0 Å². The van der Waals surface area contributed by atoms with Gasteiger partial charge in [-0.3, -0.25) is 0 Å². The minimum absolute atomic E-state index is 0. The molecule has 0 fully saturated rings. The number of hydrogen-bond acceptors (Lipinski definition) is 3. The van der Waals surface area contributed by atoms with Gasteiger partial charge in [0.2, 0.25) is 0 Å². The van der Waals surface area contributed by atoms with E-state index in [-0.39, 0.29) is 29.6 Å². The van der Waals surface area contributed by atoms with Crippen LogP contribution in [0.3, 0.4) is 0 Å². The van der Waals surface area contributed by atoms with Crippen LogP contribution in [-0.2, 0) is 4.99 Å². The van der Waals surface area contributed by atoms with Gasteiger partial charge in [-0.15, -0.1) is 0 Å². The van der Waals surface area contributed by atoms with Crippen LogP contribution in [0.25, 0.3) is 0 Å². The zero-order valence-corrected chi connectivity index (χ0v) is 6.05. The molecule has 5 heteroatoms. The molecule has 0 spiro atoms. The van der Waals surface area contributed by atoms with Crippen LogP contribution in [0.1, 0.15) is 0 Å². The second-order valence-electron chi connectivity index (χ2n) is 0.201. The normalized spacial score (nSPS) is 5.80. The fourth-order valence-corrected chi connectivity index (χ4v) is 0. The Morgan fingerprint density at radius 3 is 2.00 bits per heavy atom. The second-order valence-corrected chi connectivity index (χ2v) is 0.437. The molecule has 2 radical (unpaired) electrons. The largest absolute Gasteiger partial charge is 1.00 e. The van der Waals surface area contributed by atoms with Gasteiger partial charge in [-0.25, -0.2) is 0 Å². The number of nitrogens with one attached hydrogen (secondary N) is 1. The quantitative estimate of drug-likeness (QED) is 0.202. The van der Waals surface area contributed by atoms with Crippen LogP contribution in [-0.4, -0.2) is 16.5 Å². The average molecular weight is 97.0 g/mol. The molecule has 0 saturated carbocycles. The van der Waals surface area contributed by atoms with Gasteiger partial charge in [0.05, 0.1) is 0 Å². The third kappa shape index (κ3) is 10.8. The fraction of sp³-hybridized carbons (Fsp3) is 0. The molecule has 0 aromatic rings. The Balaban J connectivity index is 0. The summed E-state index contributed by atoms with van der Waals surface area (Å²) in [5.41, 5.74) is 0. The van der Waals surface area contributed by atoms with Crippen molar-refractivity contribution in [3.63, 3.8) is 0 Å². The summed E-state index contributed by atoms with van der Waals surface area (Å²) in [6.45, 7) is 0. The van der Waals surface area contributed by atoms with Crippen LogP contribution < -0.4 is 39.3 Å². The van der Waals surface area contributed by atoms with Gasteiger partial charge in [0, 0.05) is 0 Å². The Morgan fingerprint density at radius 2 is 2.00 bits per heavy atom. The van der Waals surface area contributed by atoms with Crippen molar-refractivity contribution in [3.8, 4) is 0 Å². The zero-order chi connectivity index (χ0) is 3.41. The predicted molar refractivity (Wildman–Crippen MR) is 9.97 cm³/mol. The van der Waals surface area contributed by atoms with Gasteiger partial charge >= 0.3 is 29.6 Å². The molecule has 0 saturated heterocycles. The summed E-state index contributed by atoms with van der Waals surface area (Å²) in [5, 5.41) is 8.67. The number of hydrogen-bond donors (Lipinski definition) is 1. The Labute approximate surface area is 60.5 Å². The summed E-state index contributed by atoms with van der Waals surface area (Å²) >= 11 is 1.87. The predicted octanol–water partition coefficient (Wildman–Crippen LogP) is -5.13. The topological polar surface area (TPSA) is 44.3 Å². The molecule has 0 aromatic carbocycles. The maximum absolute atomic E-state index is 8.67. The van der Waals surface area contributed by atoms with Gasteiger partial charge in [0.15, 0.2) is 0 Å². The van der Waals surface area contributed by atoms with Crippen LogP contribution in [0.4, 0.5) is 0 Å². The standard InChI is InChI=1S/Al.H2NO2.Na/c;1-3-2;/h;1-2H;/q+1;-1;+1/p-1. The van der Waals surface area contributed by atoms with Gasteiger partial charge < -0.3 is 14.7 Å². The van der Waals surface area contributed by atoms with E-state index in [2.05, 4.69) is 4.99 Å². The smallest absolute Gasteiger partial charge is 0.706 e. The van der Waals surface area contributed by atoms with Crippen molar-refractivity contribution in [3.05, 3.63) is 0 Å². The van der Waals surface area contributed by atoms with Gasteiger partial charge in [0.1, 0.15) is 0 Å². The maximum Gasteiger partial charge on any atom is 1.00 e. The molecular weight excluding hydrogens is 96.0 g/mol. The first kappa shape index (κ1) is 9.65. The summed E-state index contributed by atoms with van der Waals surface area (Å²) in [6.07, 6.45) is 0. The minimum atomic E-state index is 0. The Hall–Kier alpha value is 1.41. The monoisotopic (exact) mass is 97.0 g/mol. The molecule has 0 aliphatic carbocycles. The van der Waals surface area contributed by atoms with E-state index in [9.17, 15) is 0 Å². The zero-order valence-electron chi connectivity index (χ0n) is 2.89. The first-order valence-electron chi connectivity index (χ1n) is 0.659. The van der Waals surface area contributed by atoms with E-state index in [0.717, 1.165) is 0 Å². The van der Waals surface area contributed by atoms with E-state index in [0.29, 0.717) is 0 Å². The van der Waals surface area contributed by atoms with Gasteiger partial charge in [0.25, 0.3) is 16.5 Å². The van der Waals surface area contributed by atoms with Crippen molar-refractivity contribution in [1.82, 2.24) is 4.46 Å². The summed E-state index contributed by atoms with van der Waals surface area (Å²) in [6, 6.07) is 0. The molecule has 5 heavy (non-hydrogen) atoms. The van der Waals surface area contributed by atoms with Crippen molar-refractivity contribution < 1.29 is 39.8 Å². The summed E-state index contributed by atoms with van der Waals surface area (Å²) in [4.78, 5) is 3.00. The molecular formula is HAlNNaO2. The maximum atomic E-state index is 8.67. The van der Waals surface area contributed by atoms with E-state index < -0.39 is 0 Å². The van der Waals surface area contributed by atoms with E-state index in [1.54, 1.807) is 4.46 Å². The molecule has 0 aromatic heterocycles. The van der Waals surface area contributed by atoms with Crippen LogP contribution in [0.15, 0.2) is 0 Å². The van der Waals surface area contributed by atoms with E-state index in [4.69, 9.17) is 5.26 Å². The summed E-state index contributed by atoms with van der Waals surface area (Å²) < 4.78 is 1.79. The van der Waals surface area contributed by atoms with Crippen LogP contribution in [0.2, 0.25) is 0 Å². The number of rotatable bonds is 1. The molecule has 0 amide bonds. The molecule has 0 heterocycles. The fourth-order valence-electron chi connectivity index (χ4n) is 0. The summed E-state index contributed by atoms with van der Waals surface area (Å²) in [5.74, 6) is 0. The molecule has 0 rings (SSSR count). The molecule has 0 atom stereocenters. The molecule has 0 aliphatic rings. The van der Waals surface area contributed by atoms with Crippen molar-refractivity contribution in [1.29, 1.82) is 0 Å². The SMILES string of the molecule is [Na+].[O-]O[NH][Al]. The Morgan fingerprint density at radius 1 is 1.80 bits per heavy atom. The molecule has 22 valence electrons. The van der Waals surface area contributed by atoms with E-state index in [1.807, 2.05) is 16.5 Å². The molecule has 3 nitrogen and oxygen atoms in total. The Kier molecular flexibility index (Phi) is 17.5. The first-order valence-corrected chi connectivity index (χ1v) is 1.24. The molecule has 0 aliphatic heterocycles. The van der Waals surface area contributed by atoms with Crippen LogP contribution in [0, 0.1) is 0 Å². The van der Waals surface area contributed by atoms with Crippen LogP contribution >= 0.6 is 0 Å². The van der Waals surface area contributed by atoms with Gasteiger partial charge in [-0.2, -0.15) is 0 Å². The minimum Gasteiger partial charge on any atom is -0.706 e. The molecule has 0 unspecified atom stereocenters. The van der Waals surface area contributed by atoms with E-state index >= 15 is 0 Å².